The highest BCUT2D eigenvalue weighted by atomic mass is 16.3. The Labute approximate surface area is 124 Å². The minimum absolute atomic E-state index is 0.0203. The molecule has 2 rings (SSSR count). The highest BCUT2D eigenvalue weighted by molar-refractivity contribution is 6.39. The average Bonchev–Trinajstić information content (AvgIpc) is 2.50. The van der Waals surface area contributed by atoms with Crippen LogP contribution in [0.25, 0.3) is 0 Å². The zero-order valence-electron chi connectivity index (χ0n) is 12.3. The van der Waals surface area contributed by atoms with Crippen LogP contribution < -0.4 is 10.6 Å². The minimum Gasteiger partial charge on any atom is -0.393 e. The summed E-state index contributed by atoms with van der Waals surface area (Å²) >= 11 is 0. The molecule has 1 fully saturated rings. The highest BCUT2D eigenvalue weighted by Gasteiger charge is 2.23. The number of aryl methyl sites for hydroxylation is 1. The van der Waals surface area contributed by atoms with Crippen LogP contribution in [0.2, 0.25) is 0 Å². The fraction of sp³-hybridized carbons (Fsp3) is 0.500. The molecule has 0 aromatic heterocycles. The van der Waals surface area contributed by atoms with Crippen LogP contribution in [0, 0.1) is 0 Å². The SMILES string of the molecule is CCc1ccccc1NC(=O)C(=O)NC1CCC(O)CC1. The van der Waals surface area contributed by atoms with Crippen molar-refractivity contribution in [3.8, 4) is 0 Å². The summed E-state index contributed by atoms with van der Waals surface area (Å²) in [6.07, 6.45) is 3.29. The molecule has 0 radical (unpaired) electrons. The number of hydrogen-bond acceptors (Lipinski definition) is 3. The summed E-state index contributed by atoms with van der Waals surface area (Å²) in [4.78, 5) is 23.9. The third kappa shape index (κ3) is 4.29. The van der Waals surface area contributed by atoms with Crippen LogP contribution in [0.15, 0.2) is 24.3 Å². The van der Waals surface area contributed by atoms with Gasteiger partial charge in [0.25, 0.3) is 0 Å². The Morgan fingerprint density at radius 3 is 2.48 bits per heavy atom. The first kappa shape index (κ1) is 15.5. The maximum atomic E-state index is 11.9. The van der Waals surface area contributed by atoms with Gasteiger partial charge in [-0.25, -0.2) is 0 Å². The van der Waals surface area contributed by atoms with Crippen LogP contribution >= 0.6 is 0 Å². The standard InChI is InChI=1S/C16H22N2O3/c1-2-11-5-3-4-6-14(11)18-16(21)15(20)17-12-7-9-13(19)10-8-12/h3-6,12-13,19H,2,7-10H2,1H3,(H,17,20)(H,18,21). The number of amides is 2. The molecule has 0 aliphatic heterocycles. The lowest BCUT2D eigenvalue weighted by atomic mass is 9.93. The predicted molar refractivity (Wildman–Crippen MR) is 80.9 cm³/mol. The molecule has 1 aromatic carbocycles. The number of hydrogen-bond donors (Lipinski definition) is 3. The number of aliphatic hydroxyl groups excluding tert-OH is 1. The average molecular weight is 290 g/mol. The maximum Gasteiger partial charge on any atom is 0.313 e. The zero-order chi connectivity index (χ0) is 15.2. The summed E-state index contributed by atoms with van der Waals surface area (Å²) in [5.41, 5.74) is 1.68. The normalized spacial score (nSPS) is 21.6. The van der Waals surface area contributed by atoms with Gasteiger partial charge >= 0.3 is 11.8 Å². The van der Waals surface area contributed by atoms with E-state index < -0.39 is 11.8 Å². The van der Waals surface area contributed by atoms with Crippen LogP contribution in [-0.2, 0) is 16.0 Å². The summed E-state index contributed by atoms with van der Waals surface area (Å²) < 4.78 is 0. The van der Waals surface area contributed by atoms with Crippen LogP contribution in [0.3, 0.4) is 0 Å². The number of anilines is 1. The molecule has 2 amide bonds. The topological polar surface area (TPSA) is 78.4 Å². The van der Waals surface area contributed by atoms with Crippen LogP contribution in [0.4, 0.5) is 5.69 Å². The Balaban J connectivity index is 1.89. The summed E-state index contributed by atoms with van der Waals surface area (Å²) in [5, 5.41) is 14.8. The van der Waals surface area contributed by atoms with Gasteiger partial charge in [0.15, 0.2) is 0 Å². The van der Waals surface area contributed by atoms with E-state index in [9.17, 15) is 14.7 Å². The molecule has 3 N–H and O–H groups in total. The molecule has 5 heteroatoms. The van der Waals surface area contributed by atoms with E-state index in [0.717, 1.165) is 12.0 Å². The lowest BCUT2D eigenvalue weighted by Gasteiger charge is -2.25. The fourth-order valence-electron chi connectivity index (χ4n) is 2.60. The van der Waals surface area contributed by atoms with Gasteiger partial charge in [0.1, 0.15) is 0 Å². The largest absolute Gasteiger partial charge is 0.393 e. The highest BCUT2D eigenvalue weighted by Crippen LogP contribution is 2.18. The van der Waals surface area contributed by atoms with E-state index in [-0.39, 0.29) is 12.1 Å². The summed E-state index contributed by atoms with van der Waals surface area (Å²) in [5.74, 6) is -1.25. The molecule has 21 heavy (non-hydrogen) atoms. The second-order valence-electron chi connectivity index (χ2n) is 5.44. The van der Waals surface area contributed by atoms with E-state index in [2.05, 4.69) is 10.6 Å². The molecule has 0 unspecified atom stereocenters. The fourth-order valence-corrected chi connectivity index (χ4v) is 2.60. The summed E-state index contributed by atoms with van der Waals surface area (Å²) in [6, 6.07) is 7.43. The number of carbonyl (C=O) groups excluding carboxylic acids is 2. The molecule has 0 atom stereocenters. The molecule has 1 aliphatic rings. The molecule has 1 aliphatic carbocycles. The van der Waals surface area contributed by atoms with Gasteiger partial charge in [-0.1, -0.05) is 25.1 Å². The number of benzene rings is 1. The third-order valence-electron chi connectivity index (χ3n) is 3.88. The van der Waals surface area contributed by atoms with Crippen molar-refractivity contribution in [1.82, 2.24) is 5.32 Å². The number of para-hydroxylation sites is 1. The van der Waals surface area contributed by atoms with E-state index in [4.69, 9.17) is 0 Å². The van der Waals surface area contributed by atoms with Crippen molar-refractivity contribution in [3.63, 3.8) is 0 Å². The van der Waals surface area contributed by atoms with Crippen LogP contribution in [0.5, 0.6) is 0 Å². The molecule has 1 aromatic rings. The zero-order valence-corrected chi connectivity index (χ0v) is 12.3. The van der Waals surface area contributed by atoms with Gasteiger partial charge in [0.05, 0.1) is 6.10 Å². The predicted octanol–water partition coefficient (Wildman–Crippen LogP) is 1.61. The van der Waals surface area contributed by atoms with Crippen molar-refractivity contribution in [2.24, 2.45) is 0 Å². The molecular formula is C16H22N2O3. The lowest BCUT2D eigenvalue weighted by Crippen LogP contribution is -2.44. The van der Waals surface area contributed by atoms with Crippen molar-refractivity contribution in [2.45, 2.75) is 51.2 Å². The first-order valence-electron chi connectivity index (χ1n) is 7.48. The van der Waals surface area contributed by atoms with Gasteiger partial charge in [0.2, 0.25) is 0 Å². The van der Waals surface area contributed by atoms with E-state index in [0.29, 0.717) is 31.4 Å². The second kappa shape index (κ2) is 7.22. The molecule has 0 bridgehead atoms. The van der Waals surface area contributed by atoms with Gasteiger partial charge < -0.3 is 15.7 Å². The number of carbonyl (C=O) groups is 2. The molecule has 0 heterocycles. The minimum atomic E-state index is -0.637. The smallest absolute Gasteiger partial charge is 0.313 e. The molecule has 1 saturated carbocycles. The Bertz CT molecular complexity index is 508. The molecule has 114 valence electrons. The number of rotatable bonds is 3. The van der Waals surface area contributed by atoms with Gasteiger partial charge in [-0.15, -0.1) is 0 Å². The van der Waals surface area contributed by atoms with E-state index in [1.54, 1.807) is 6.07 Å². The van der Waals surface area contributed by atoms with Gasteiger partial charge in [-0.05, 0) is 43.7 Å². The number of nitrogens with one attached hydrogen (secondary N) is 2. The second-order valence-corrected chi connectivity index (χ2v) is 5.44. The van der Waals surface area contributed by atoms with Crippen molar-refractivity contribution in [2.75, 3.05) is 5.32 Å². The summed E-state index contributed by atoms with van der Waals surface area (Å²) in [7, 11) is 0. The van der Waals surface area contributed by atoms with Crippen LogP contribution in [-0.4, -0.2) is 29.1 Å². The molecule has 0 saturated heterocycles. The summed E-state index contributed by atoms with van der Waals surface area (Å²) in [6.45, 7) is 2.00. The third-order valence-corrected chi connectivity index (χ3v) is 3.88. The van der Waals surface area contributed by atoms with Crippen molar-refractivity contribution in [1.29, 1.82) is 0 Å². The Kier molecular flexibility index (Phi) is 5.33. The quantitative estimate of drug-likeness (QED) is 0.740. The molecule has 0 spiro atoms. The Morgan fingerprint density at radius 1 is 1.14 bits per heavy atom. The van der Waals surface area contributed by atoms with E-state index in [1.165, 1.54) is 0 Å². The molecular weight excluding hydrogens is 268 g/mol. The first-order valence-corrected chi connectivity index (χ1v) is 7.48. The van der Waals surface area contributed by atoms with Gasteiger partial charge in [-0.2, -0.15) is 0 Å². The lowest BCUT2D eigenvalue weighted by molar-refractivity contribution is -0.136. The van der Waals surface area contributed by atoms with Crippen LogP contribution in [0.1, 0.15) is 38.2 Å². The van der Waals surface area contributed by atoms with Crippen molar-refractivity contribution >= 4 is 17.5 Å². The monoisotopic (exact) mass is 290 g/mol. The molecule has 5 nitrogen and oxygen atoms in total. The van der Waals surface area contributed by atoms with Gasteiger partial charge in [-0.3, -0.25) is 9.59 Å². The maximum absolute atomic E-state index is 11.9. The van der Waals surface area contributed by atoms with Gasteiger partial charge in [0, 0.05) is 11.7 Å². The number of aliphatic hydroxyl groups is 1. The van der Waals surface area contributed by atoms with Crippen molar-refractivity contribution < 1.29 is 14.7 Å². The van der Waals surface area contributed by atoms with Crippen molar-refractivity contribution in [3.05, 3.63) is 29.8 Å². The Morgan fingerprint density at radius 2 is 1.81 bits per heavy atom. The first-order chi connectivity index (χ1) is 10.1. The Hall–Kier alpha value is -1.88. The van der Waals surface area contributed by atoms with E-state index in [1.807, 2.05) is 25.1 Å². The van der Waals surface area contributed by atoms with E-state index >= 15 is 0 Å².